The Hall–Kier alpha value is -0.820. The molecule has 5 nitrogen and oxygen atoms in total. The van der Waals surface area contributed by atoms with E-state index in [2.05, 4.69) is 4.37 Å². The molecule has 0 radical (unpaired) electrons. The van der Waals surface area contributed by atoms with Crippen LogP contribution in [0.2, 0.25) is 0 Å². The maximum absolute atomic E-state index is 12.0. The second-order valence-corrected chi connectivity index (χ2v) is 7.75. The molecule has 0 saturated heterocycles. The number of anilines is 2. The van der Waals surface area contributed by atoms with Gasteiger partial charge in [-0.1, -0.05) is 13.3 Å². The van der Waals surface area contributed by atoms with Crippen LogP contribution in [-0.4, -0.2) is 32.1 Å². The van der Waals surface area contributed by atoms with E-state index in [-0.39, 0.29) is 16.5 Å². The summed E-state index contributed by atoms with van der Waals surface area (Å²) in [5.74, 6) is 0.868. The normalized spacial score (nSPS) is 16.6. The van der Waals surface area contributed by atoms with Gasteiger partial charge in [-0.2, -0.15) is 4.37 Å². The molecule has 1 aromatic rings. The summed E-state index contributed by atoms with van der Waals surface area (Å²) in [6, 6.07) is 0. The molecule has 0 amide bonds. The van der Waals surface area contributed by atoms with E-state index in [1.165, 1.54) is 30.8 Å². The van der Waals surface area contributed by atoms with Gasteiger partial charge in [0.05, 0.1) is 5.75 Å². The zero-order valence-electron chi connectivity index (χ0n) is 10.7. The van der Waals surface area contributed by atoms with Crippen LogP contribution in [-0.2, 0) is 9.84 Å². The number of nitrogens with zero attached hydrogens (tertiary/aromatic N) is 2. The Morgan fingerprint density at radius 2 is 2.17 bits per heavy atom. The van der Waals surface area contributed by atoms with Crippen LogP contribution in [0.1, 0.15) is 26.2 Å². The second-order valence-electron chi connectivity index (χ2n) is 4.78. The number of sulfone groups is 1. The van der Waals surface area contributed by atoms with Gasteiger partial charge in [0.1, 0.15) is 9.90 Å². The third kappa shape index (κ3) is 2.47. The van der Waals surface area contributed by atoms with Gasteiger partial charge in [0.25, 0.3) is 0 Å². The molecule has 0 spiro atoms. The van der Waals surface area contributed by atoms with Gasteiger partial charge < -0.3 is 10.6 Å². The SMILES string of the molecule is CCS(=O)(=O)c1c(N)nsc1N(C)CC1CCC1. The maximum Gasteiger partial charge on any atom is 0.184 e. The van der Waals surface area contributed by atoms with Crippen LogP contribution in [0.25, 0.3) is 0 Å². The summed E-state index contributed by atoms with van der Waals surface area (Å²) in [5, 5.41) is 0.682. The Kier molecular flexibility index (Phi) is 3.82. The van der Waals surface area contributed by atoms with E-state index in [0.29, 0.717) is 10.9 Å². The molecule has 0 aromatic carbocycles. The molecule has 1 aromatic heterocycles. The quantitative estimate of drug-likeness (QED) is 0.893. The van der Waals surface area contributed by atoms with E-state index in [4.69, 9.17) is 5.73 Å². The van der Waals surface area contributed by atoms with E-state index >= 15 is 0 Å². The van der Waals surface area contributed by atoms with Crippen LogP contribution in [0.4, 0.5) is 10.8 Å². The van der Waals surface area contributed by atoms with Gasteiger partial charge in [-0.25, -0.2) is 8.42 Å². The van der Waals surface area contributed by atoms with Crippen LogP contribution in [0.5, 0.6) is 0 Å². The van der Waals surface area contributed by atoms with Crippen LogP contribution in [0.15, 0.2) is 4.90 Å². The Morgan fingerprint density at radius 3 is 2.67 bits per heavy atom. The highest BCUT2D eigenvalue weighted by atomic mass is 32.2. The fourth-order valence-electron chi connectivity index (χ4n) is 2.11. The summed E-state index contributed by atoms with van der Waals surface area (Å²) in [6.07, 6.45) is 3.74. The lowest BCUT2D eigenvalue weighted by atomic mass is 9.85. The molecule has 18 heavy (non-hydrogen) atoms. The highest BCUT2D eigenvalue weighted by Gasteiger charge is 2.28. The molecule has 2 rings (SSSR count). The molecule has 1 fully saturated rings. The van der Waals surface area contributed by atoms with Gasteiger partial charge in [0.15, 0.2) is 15.7 Å². The van der Waals surface area contributed by atoms with Crippen molar-refractivity contribution in [3.05, 3.63) is 0 Å². The van der Waals surface area contributed by atoms with Crippen molar-refractivity contribution >= 4 is 32.2 Å². The molecular formula is C11H19N3O2S2. The zero-order chi connectivity index (χ0) is 13.3. The second kappa shape index (κ2) is 5.05. The van der Waals surface area contributed by atoms with Crippen molar-refractivity contribution in [3.8, 4) is 0 Å². The first-order valence-corrected chi connectivity index (χ1v) is 8.57. The Labute approximate surface area is 112 Å². The fraction of sp³-hybridized carbons (Fsp3) is 0.727. The summed E-state index contributed by atoms with van der Waals surface area (Å²) < 4.78 is 28.1. The van der Waals surface area contributed by atoms with Crippen LogP contribution in [0.3, 0.4) is 0 Å². The third-order valence-electron chi connectivity index (χ3n) is 3.45. The maximum atomic E-state index is 12.0. The lowest BCUT2D eigenvalue weighted by Gasteiger charge is -2.30. The Balaban J connectivity index is 2.27. The van der Waals surface area contributed by atoms with Crippen molar-refractivity contribution in [3.63, 3.8) is 0 Å². The minimum atomic E-state index is -3.30. The molecule has 0 bridgehead atoms. The average molecular weight is 289 g/mol. The van der Waals surface area contributed by atoms with E-state index < -0.39 is 9.84 Å². The van der Waals surface area contributed by atoms with Crippen molar-refractivity contribution in [2.75, 3.05) is 30.0 Å². The third-order valence-corrected chi connectivity index (χ3v) is 6.34. The fourth-order valence-corrected chi connectivity index (χ4v) is 4.41. The standard InChI is InChI=1S/C11H19N3O2S2/c1-3-18(15,16)9-10(12)13-17-11(9)14(2)7-8-5-4-6-8/h8H,3-7H2,1-2H3,(H2,12,13). The first kappa shape index (κ1) is 13.6. The summed E-state index contributed by atoms with van der Waals surface area (Å²) in [4.78, 5) is 2.21. The van der Waals surface area contributed by atoms with E-state index in [1.807, 2.05) is 11.9 Å². The van der Waals surface area contributed by atoms with E-state index in [9.17, 15) is 8.42 Å². The number of hydrogen-bond acceptors (Lipinski definition) is 6. The van der Waals surface area contributed by atoms with Crippen LogP contribution in [0, 0.1) is 5.92 Å². The number of aromatic nitrogens is 1. The first-order chi connectivity index (χ1) is 8.45. The number of hydrogen-bond donors (Lipinski definition) is 1. The lowest BCUT2D eigenvalue weighted by Crippen LogP contribution is -2.29. The van der Waals surface area contributed by atoms with Gasteiger partial charge >= 0.3 is 0 Å². The predicted molar refractivity (Wildman–Crippen MR) is 74.9 cm³/mol. The number of nitrogen functional groups attached to an aromatic ring is 1. The molecule has 102 valence electrons. The topological polar surface area (TPSA) is 76.3 Å². The summed E-state index contributed by atoms with van der Waals surface area (Å²) in [7, 11) is -1.39. The van der Waals surface area contributed by atoms with Gasteiger partial charge in [-0.3, -0.25) is 0 Å². The minimum absolute atomic E-state index is 0.0554. The smallest absolute Gasteiger partial charge is 0.184 e. The van der Waals surface area contributed by atoms with Crippen molar-refractivity contribution in [2.24, 2.45) is 5.92 Å². The molecule has 0 aliphatic heterocycles. The van der Waals surface area contributed by atoms with Crippen LogP contribution >= 0.6 is 11.5 Å². The molecular weight excluding hydrogens is 270 g/mol. The molecule has 1 aliphatic rings. The number of rotatable bonds is 5. The van der Waals surface area contributed by atoms with Crippen molar-refractivity contribution in [1.29, 1.82) is 0 Å². The Bertz CT molecular complexity index is 520. The highest BCUT2D eigenvalue weighted by Crippen LogP contribution is 2.36. The van der Waals surface area contributed by atoms with Crippen molar-refractivity contribution < 1.29 is 8.42 Å². The monoisotopic (exact) mass is 289 g/mol. The molecule has 1 aliphatic carbocycles. The molecule has 7 heteroatoms. The Morgan fingerprint density at radius 1 is 1.50 bits per heavy atom. The summed E-state index contributed by atoms with van der Waals surface area (Å²) in [6.45, 7) is 2.51. The first-order valence-electron chi connectivity index (χ1n) is 6.14. The highest BCUT2D eigenvalue weighted by molar-refractivity contribution is 7.91. The summed E-state index contributed by atoms with van der Waals surface area (Å²) >= 11 is 1.17. The van der Waals surface area contributed by atoms with E-state index in [0.717, 1.165) is 6.54 Å². The largest absolute Gasteiger partial charge is 0.382 e. The van der Waals surface area contributed by atoms with Gasteiger partial charge in [-0.05, 0) is 30.3 Å². The molecule has 1 heterocycles. The average Bonchev–Trinajstić information content (AvgIpc) is 2.66. The van der Waals surface area contributed by atoms with Gasteiger partial charge in [0, 0.05) is 13.6 Å². The number of nitrogens with two attached hydrogens (primary N) is 1. The van der Waals surface area contributed by atoms with Gasteiger partial charge in [-0.15, -0.1) is 0 Å². The van der Waals surface area contributed by atoms with Gasteiger partial charge in [0.2, 0.25) is 0 Å². The van der Waals surface area contributed by atoms with E-state index in [1.54, 1.807) is 6.92 Å². The zero-order valence-corrected chi connectivity index (χ0v) is 12.4. The van der Waals surface area contributed by atoms with Crippen molar-refractivity contribution in [2.45, 2.75) is 31.1 Å². The summed E-state index contributed by atoms with van der Waals surface area (Å²) in [5.41, 5.74) is 5.71. The minimum Gasteiger partial charge on any atom is -0.382 e. The predicted octanol–water partition coefficient (Wildman–Crippen LogP) is 1.76. The van der Waals surface area contributed by atoms with Crippen LogP contribution < -0.4 is 10.6 Å². The molecule has 2 N–H and O–H groups in total. The molecule has 0 atom stereocenters. The lowest BCUT2D eigenvalue weighted by molar-refractivity contribution is 0.321. The van der Waals surface area contributed by atoms with Crippen molar-refractivity contribution in [1.82, 2.24) is 4.37 Å². The molecule has 0 unspecified atom stereocenters. The molecule has 1 saturated carbocycles.